The molecule has 1 N–H and O–H groups in total. The van der Waals surface area contributed by atoms with E-state index in [0.29, 0.717) is 0 Å². The standard InChI is InChI=1S/C8H18N2O2S/c1-8(9-13(2,11)12)7-10-5-3-4-6-10/h8-9H,3-7H2,1-2H3. The predicted octanol–water partition coefficient (Wildman–Crippen LogP) is 0.0199. The molecule has 0 aliphatic carbocycles. The number of nitrogens with zero attached hydrogens (tertiary/aromatic N) is 1. The average molecular weight is 206 g/mol. The summed E-state index contributed by atoms with van der Waals surface area (Å²) in [5.41, 5.74) is 0. The van der Waals surface area contributed by atoms with Crippen molar-refractivity contribution in [1.82, 2.24) is 9.62 Å². The molecule has 0 radical (unpaired) electrons. The maximum atomic E-state index is 10.9. The lowest BCUT2D eigenvalue weighted by atomic mass is 10.3. The highest BCUT2D eigenvalue weighted by Gasteiger charge is 2.16. The van der Waals surface area contributed by atoms with Crippen molar-refractivity contribution in [3.63, 3.8) is 0 Å². The summed E-state index contributed by atoms with van der Waals surface area (Å²) in [6.07, 6.45) is 3.69. The van der Waals surface area contributed by atoms with Crippen LogP contribution in [0.4, 0.5) is 0 Å². The van der Waals surface area contributed by atoms with Crippen LogP contribution in [0, 0.1) is 0 Å². The van der Waals surface area contributed by atoms with E-state index in [9.17, 15) is 8.42 Å². The van der Waals surface area contributed by atoms with Crippen LogP contribution in [0.1, 0.15) is 19.8 Å². The van der Waals surface area contributed by atoms with Crippen LogP contribution in [0.15, 0.2) is 0 Å². The summed E-state index contributed by atoms with van der Waals surface area (Å²) >= 11 is 0. The second kappa shape index (κ2) is 4.39. The van der Waals surface area contributed by atoms with E-state index in [1.807, 2.05) is 6.92 Å². The van der Waals surface area contributed by atoms with Gasteiger partial charge in [0.25, 0.3) is 0 Å². The minimum Gasteiger partial charge on any atom is -0.302 e. The van der Waals surface area contributed by atoms with Crippen molar-refractivity contribution in [2.75, 3.05) is 25.9 Å². The van der Waals surface area contributed by atoms with Crippen LogP contribution in [-0.2, 0) is 10.0 Å². The normalized spacial score (nSPS) is 22.0. The van der Waals surface area contributed by atoms with Crippen LogP contribution in [0.25, 0.3) is 0 Å². The summed E-state index contributed by atoms with van der Waals surface area (Å²) in [6.45, 7) is 4.94. The SMILES string of the molecule is CC(CN1CCCC1)NS(C)(=O)=O. The van der Waals surface area contributed by atoms with Gasteiger partial charge >= 0.3 is 0 Å². The fraction of sp³-hybridized carbons (Fsp3) is 1.00. The highest BCUT2D eigenvalue weighted by molar-refractivity contribution is 7.88. The van der Waals surface area contributed by atoms with Gasteiger partial charge in [-0.2, -0.15) is 0 Å². The fourth-order valence-electron chi connectivity index (χ4n) is 1.76. The minimum atomic E-state index is -3.04. The Labute approximate surface area is 80.4 Å². The molecule has 1 fully saturated rings. The van der Waals surface area contributed by atoms with E-state index in [1.165, 1.54) is 19.1 Å². The highest BCUT2D eigenvalue weighted by atomic mass is 32.2. The molecule has 0 spiro atoms. The van der Waals surface area contributed by atoms with Crippen molar-refractivity contribution in [2.24, 2.45) is 0 Å². The fourth-order valence-corrected chi connectivity index (χ4v) is 2.56. The third kappa shape index (κ3) is 4.59. The van der Waals surface area contributed by atoms with E-state index >= 15 is 0 Å². The van der Waals surface area contributed by atoms with Crippen molar-refractivity contribution in [2.45, 2.75) is 25.8 Å². The van der Waals surface area contributed by atoms with Crippen molar-refractivity contribution < 1.29 is 8.42 Å². The summed E-state index contributed by atoms with van der Waals surface area (Å²) < 4.78 is 24.3. The van der Waals surface area contributed by atoms with Crippen LogP contribution in [-0.4, -0.2) is 45.2 Å². The van der Waals surface area contributed by atoms with Gasteiger partial charge < -0.3 is 4.90 Å². The molecule has 1 unspecified atom stereocenters. The number of likely N-dealkylation sites (tertiary alicyclic amines) is 1. The molecule has 0 bridgehead atoms. The van der Waals surface area contributed by atoms with Gasteiger partial charge in [0.15, 0.2) is 0 Å². The number of sulfonamides is 1. The van der Waals surface area contributed by atoms with Gasteiger partial charge in [-0.1, -0.05) is 0 Å². The molecule has 1 aliphatic heterocycles. The number of hydrogen-bond donors (Lipinski definition) is 1. The lowest BCUT2D eigenvalue weighted by Gasteiger charge is -2.20. The van der Waals surface area contributed by atoms with Gasteiger partial charge in [0.2, 0.25) is 10.0 Å². The quantitative estimate of drug-likeness (QED) is 0.705. The van der Waals surface area contributed by atoms with Crippen molar-refractivity contribution >= 4 is 10.0 Å². The first kappa shape index (κ1) is 10.9. The summed E-state index contributed by atoms with van der Waals surface area (Å²) in [6, 6.07) is 0.0214. The monoisotopic (exact) mass is 206 g/mol. The lowest BCUT2D eigenvalue weighted by molar-refractivity contribution is 0.313. The van der Waals surface area contributed by atoms with Crippen LogP contribution in [0.5, 0.6) is 0 Å². The Morgan fingerprint density at radius 3 is 2.38 bits per heavy atom. The Kier molecular flexibility index (Phi) is 3.70. The average Bonchev–Trinajstić information content (AvgIpc) is 2.34. The lowest BCUT2D eigenvalue weighted by Crippen LogP contribution is -2.40. The number of hydrogen-bond acceptors (Lipinski definition) is 3. The van der Waals surface area contributed by atoms with Crippen LogP contribution in [0.2, 0.25) is 0 Å². The second-order valence-electron chi connectivity index (χ2n) is 3.80. The van der Waals surface area contributed by atoms with Crippen molar-refractivity contribution in [3.05, 3.63) is 0 Å². The van der Waals surface area contributed by atoms with Crippen molar-refractivity contribution in [1.29, 1.82) is 0 Å². The molecular formula is C8H18N2O2S. The number of rotatable bonds is 4. The topological polar surface area (TPSA) is 49.4 Å². The molecule has 1 atom stereocenters. The minimum absolute atomic E-state index is 0.0214. The second-order valence-corrected chi connectivity index (χ2v) is 5.58. The molecule has 5 heteroatoms. The molecule has 0 amide bonds. The van der Waals surface area contributed by atoms with Gasteiger partial charge in [-0.05, 0) is 32.9 Å². The molecule has 1 saturated heterocycles. The zero-order chi connectivity index (χ0) is 9.90. The Morgan fingerprint density at radius 2 is 1.92 bits per heavy atom. The molecule has 1 rings (SSSR count). The highest BCUT2D eigenvalue weighted by Crippen LogP contribution is 2.07. The molecule has 0 saturated carbocycles. The van der Waals surface area contributed by atoms with Gasteiger partial charge in [-0.3, -0.25) is 0 Å². The van der Waals surface area contributed by atoms with Crippen LogP contribution < -0.4 is 4.72 Å². The summed E-state index contributed by atoms with van der Waals surface area (Å²) in [7, 11) is -3.04. The molecule has 0 aromatic rings. The maximum Gasteiger partial charge on any atom is 0.208 e. The first-order valence-electron chi connectivity index (χ1n) is 4.67. The molecule has 13 heavy (non-hydrogen) atoms. The molecule has 1 aliphatic rings. The van der Waals surface area contributed by atoms with Crippen LogP contribution in [0.3, 0.4) is 0 Å². The third-order valence-electron chi connectivity index (χ3n) is 2.15. The van der Waals surface area contributed by atoms with E-state index in [2.05, 4.69) is 9.62 Å². The Bertz CT molecular complexity index is 245. The van der Waals surface area contributed by atoms with E-state index in [0.717, 1.165) is 19.6 Å². The summed E-state index contributed by atoms with van der Waals surface area (Å²) in [4.78, 5) is 2.29. The van der Waals surface area contributed by atoms with Gasteiger partial charge in [0.1, 0.15) is 0 Å². The molecule has 0 aromatic heterocycles. The zero-order valence-corrected chi connectivity index (χ0v) is 9.10. The van der Waals surface area contributed by atoms with Crippen LogP contribution >= 0.6 is 0 Å². The molecule has 4 nitrogen and oxygen atoms in total. The van der Waals surface area contributed by atoms with E-state index in [4.69, 9.17) is 0 Å². The van der Waals surface area contributed by atoms with Gasteiger partial charge in [0.05, 0.1) is 6.26 Å². The molecule has 1 heterocycles. The van der Waals surface area contributed by atoms with E-state index < -0.39 is 10.0 Å². The van der Waals surface area contributed by atoms with E-state index in [-0.39, 0.29) is 6.04 Å². The van der Waals surface area contributed by atoms with Gasteiger partial charge in [-0.25, -0.2) is 13.1 Å². The molecule has 78 valence electrons. The first-order chi connectivity index (χ1) is 5.97. The van der Waals surface area contributed by atoms with Crippen molar-refractivity contribution in [3.8, 4) is 0 Å². The third-order valence-corrected chi connectivity index (χ3v) is 2.98. The summed E-state index contributed by atoms with van der Waals surface area (Å²) in [5, 5.41) is 0. The largest absolute Gasteiger partial charge is 0.302 e. The molecular weight excluding hydrogens is 188 g/mol. The maximum absolute atomic E-state index is 10.9. The number of nitrogens with one attached hydrogen (secondary N) is 1. The molecule has 0 aromatic carbocycles. The zero-order valence-electron chi connectivity index (χ0n) is 8.28. The van der Waals surface area contributed by atoms with Gasteiger partial charge in [-0.15, -0.1) is 0 Å². The van der Waals surface area contributed by atoms with E-state index in [1.54, 1.807) is 0 Å². The van der Waals surface area contributed by atoms with Gasteiger partial charge in [0, 0.05) is 12.6 Å². The first-order valence-corrected chi connectivity index (χ1v) is 6.56. The smallest absolute Gasteiger partial charge is 0.208 e. The Hall–Kier alpha value is -0.130. The Balaban J connectivity index is 2.28. The summed E-state index contributed by atoms with van der Waals surface area (Å²) in [5.74, 6) is 0. The Morgan fingerprint density at radius 1 is 1.38 bits per heavy atom. The predicted molar refractivity (Wildman–Crippen MR) is 53.1 cm³/mol.